The van der Waals surface area contributed by atoms with Crippen LogP contribution in [0.4, 0.5) is 0 Å². The van der Waals surface area contributed by atoms with E-state index in [1.807, 2.05) is 0 Å². The van der Waals surface area contributed by atoms with Gasteiger partial charge in [-0.05, 0) is 48.5 Å². The van der Waals surface area contributed by atoms with Crippen LogP contribution < -0.4 is 19.5 Å². The van der Waals surface area contributed by atoms with Crippen molar-refractivity contribution >= 4 is 15.7 Å². The molecule has 1 aromatic heterocycles. The first-order chi connectivity index (χ1) is 14.9. The summed E-state index contributed by atoms with van der Waals surface area (Å²) in [6, 6.07) is 16.0. The Bertz CT molecular complexity index is 1090. The lowest BCUT2D eigenvalue weighted by atomic mass is 10.3. The SMILES string of the molecule is COc1ccc(S(=O)(=O)C(CNC(=O)COc2cccc(OC)c2)c2ccco2)cc1. The van der Waals surface area contributed by atoms with E-state index in [1.165, 1.54) is 32.6 Å². The third kappa shape index (κ3) is 5.58. The van der Waals surface area contributed by atoms with E-state index in [9.17, 15) is 13.2 Å². The molecule has 1 atom stereocenters. The van der Waals surface area contributed by atoms with Crippen molar-refractivity contribution in [2.45, 2.75) is 10.1 Å². The van der Waals surface area contributed by atoms with Crippen molar-refractivity contribution in [1.82, 2.24) is 5.32 Å². The fraction of sp³-hybridized carbons (Fsp3) is 0.227. The van der Waals surface area contributed by atoms with E-state index in [1.54, 1.807) is 48.5 Å². The maximum atomic E-state index is 13.2. The van der Waals surface area contributed by atoms with Crippen LogP contribution in [0, 0.1) is 0 Å². The van der Waals surface area contributed by atoms with Gasteiger partial charge in [-0.2, -0.15) is 0 Å². The zero-order chi connectivity index (χ0) is 22.3. The minimum absolute atomic E-state index is 0.0941. The number of amides is 1. The van der Waals surface area contributed by atoms with Crippen molar-refractivity contribution in [2.24, 2.45) is 0 Å². The molecular weight excluding hydrogens is 422 g/mol. The van der Waals surface area contributed by atoms with E-state index in [0.717, 1.165) is 0 Å². The Kier molecular flexibility index (Phi) is 7.19. The van der Waals surface area contributed by atoms with Gasteiger partial charge < -0.3 is 23.9 Å². The summed E-state index contributed by atoms with van der Waals surface area (Å²) in [5.74, 6) is 1.36. The smallest absolute Gasteiger partial charge is 0.257 e. The molecule has 0 saturated carbocycles. The summed E-state index contributed by atoms with van der Waals surface area (Å²) in [4.78, 5) is 12.4. The Balaban J connectivity index is 1.69. The number of hydrogen-bond acceptors (Lipinski definition) is 7. The molecule has 3 rings (SSSR count). The van der Waals surface area contributed by atoms with Gasteiger partial charge in [0.05, 0.1) is 25.4 Å². The number of ether oxygens (including phenoxy) is 3. The predicted molar refractivity (Wildman–Crippen MR) is 113 cm³/mol. The van der Waals surface area contributed by atoms with Gasteiger partial charge >= 0.3 is 0 Å². The summed E-state index contributed by atoms with van der Waals surface area (Å²) < 4.78 is 47.4. The number of furan rings is 1. The molecule has 8 nitrogen and oxygen atoms in total. The molecule has 0 spiro atoms. The molecule has 2 aromatic carbocycles. The predicted octanol–water partition coefficient (Wildman–Crippen LogP) is 3.01. The highest BCUT2D eigenvalue weighted by Crippen LogP contribution is 2.30. The summed E-state index contributed by atoms with van der Waals surface area (Å²) in [5.41, 5.74) is 0. The van der Waals surface area contributed by atoms with Gasteiger partial charge in [0.2, 0.25) is 0 Å². The minimum atomic E-state index is -3.84. The van der Waals surface area contributed by atoms with Crippen LogP contribution in [0.1, 0.15) is 11.0 Å². The lowest BCUT2D eigenvalue weighted by Crippen LogP contribution is -2.34. The Labute approximate surface area is 180 Å². The summed E-state index contributed by atoms with van der Waals surface area (Å²) in [5, 5.41) is 1.51. The zero-order valence-electron chi connectivity index (χ0n) is 17.1. The van der Waals surface area contributed by atoms with Crippen molar-refractivity contribution in [3.05, 3.63) is 72.7 Å². The van der Waals surface area contributed by atoms with Crippen LogP contribution >= 0.6 is 0 Å². The second kappa shape index (κ2) is 10.0. The highest BCUT2D eigenvalue weighted by Gasteiger charge is 2.32. The van der Waals surface area contributed by atoms with Crippen molar-refractivity contribution in [3.63, 3.8) is 0 Å². The van der Waals surface area contributed by atoms with Crippen molar-refractivity contribution in [2.75, 3.05) is 27.4 Å². The molecule has 1 amide bonds. The van der Waals surface area contributed by atoms with E-state index >= 15 is 0 Å². The molecule has 31 heavy (non-hydrogen) atoms. The number of benzene rings is 2. The summed E-state index contributed by atoms with van der Waals surface area (Å²) in [6.45, 7) is -0.456. The molecule has 1 unspecified atom stereocenters. The van der Waals surface area contributed by atoms with Crippen molar-refractivity contribution in [3.8, 4) is 17.2 Å². The van der Waals surface area contributed by atoms with Gasteiger partial charge in [-0.3, -0.25) is 4.79 Å². The highest BCUT2D eigenvalue weighted by atomic mass is 32.2. The molecule has 1 heterocycles. The van der Waals surface area contributed by atoms with Crippen LogP contribution in [0.25, 0.3) is 0 Å². The molecule has 0 aliphatic carbocycles. The van der Waals surface area contributed by atoms with Crippen LogP contribution in [0.2, 0.25) is 0 Å². The number of nitrogens with one attached hydrogen (secondary N) is 1. The third-order valence-corrected chi connectivity index (χ3v) is 6.60. The summed E-state index contributed by atoms with van der Waals surface area (Å²) in [6.07, 6.45) is 1.39. The Hall–Kier alpha value is -3.46. The largest absolute Gasteiger partial charge is 0.497 e. The lowest BCUT2D eigenvalue weighted by Gasteiger charge is -2.17. The average molecular weight is 445 g/mol. The van der Waals surface area contributed by atoms with Crippen LogP contribution in [0.15, 0.2) is 76.2 Å². The van der Waals surface area contributed by atoms with E-state index in [-0.39, 0.29) is 23.8 Å². The number of carbonyl (C=O) groups excluding carboxylic acids is 1. The molecule has 9 heteroatoms. The van der Waals surface area contributed by atoms with Gasteiger partial charge in [-0.25, -0.2) is 8.42 Å². The fourth-order valence-electron chi connectivity index (χ4n) is 2.86. The Morgan fingerprint density at radius 3 is 2.32 bits per heavy atom. The summed E-state index contributed by atoms with van der Waals surface area (Å²) in [7, 11) is -0.812. The Morgan fingerprint density at radius 2 is 1.68 bits per heavy atom. The molecule has 0 bridgehead atoms. The van der Waals surface area contributed by atoms with Gasteiger partial charge in [0, 0.05) is 12.6 Å². The van der Waals surface area contributed by atoms with Gasteiger partial charge in [0.25, 0.3) is 5.91 Å². The van der Waals surface area contributed by atoms with Gasteiger partial charge in [-0.15, -0.1) is 0 Å². The van der Waals surface area contributed by atoms with E-state index in [0.29, 0.717) is 17.2 Å². The summed E-state index contributed by atoms with van der Waals surface area (Å²) >= 11 is 0. The first-order valence-corrected chi connectivity index (χ1v) is 10.9. The molecule has 0 radical (unpaired) electrons. The molecule has 1 N–H and O–H groups in total. The second-order valence-electron chi connectivity index (χ2n) is 6.50. The maximum Gasteiger partial charge on any atom is 0.257 e. The van der Waals surface area contributed by atoms with Crippen LogP contribution in [-0.2, 0) is 14.6 Å². The first kappa shape index (κ1) is 22.2. The number of carbonyl (C=O) groups is 1. The van der Waals surface area contributed by atoms with Crippen LogP contribution in [0.5, 0.6) is 17.2 Å². The second-order valence-corrected chi connectivity index (χ2v) is 8.63. The number of rotatable bonds is 10. The number of methoxy groups -OCH3 is 2. The molecular formula is C22H23NO7S. The fourth-order valence-corrected chi connectivity index (χ4v) is 4.45. The van der Waals surface area contributed by atoms with Crippen LogP contribution in [-0.4, -0.2) is 41.7 Å². The van der Waals surface area contributed by atoms with Gasteiger partial charge in [0.1, 0.15) is 28.3 Å². The van der Waals surface area contributed by atoms with Crippen molar-refractivity contribution < 1.29 is 31.8 Å². The van der Waals surface area contributed by atoms with E-state index in [2.05, 4.69) is 5.32 Å². The monoisotopic (exact) mass is 445 g/mol. The normalized spacial score (nSPS) is 12.1. The molecule has 0 fully saturated rings. The molecule has 0 aliphatic rings. The highest BCUT2D eigenvalue weighted by molar-refractivity contribution is 7.91. The van der Waals surface area contributed by atoms with Crippen molar-refractivity contribution in [1.29, 1.82) is 0 Å². The molecule has 3 aromatic rings. The molecule has 0 aliphatic heterocycles. The minimum Gasteiger partial charge on any atom is -0.497 e. The van der Waals surface area contributed by atoms with E-state index in [4.69, 9.17) is 18.6 Å². The number of hydrogen-bond donors (Lipinski definition) is 1. The quantitative estimate of drug-likeness (QED) is 0.512. The molecule has 164 valence electrons. The van der Waals surface area contributed by atoms with Gasteiger partial charge in [-0.1, -0.05) is 6.07 Å². The van der Waals surface area contributed by atoms with Crippen LogP contribution in [0.3, 0.4) is 0 Å². The average Bonchev–Trinajstić information content (AvgIpc) is 3.32. The van der Waals surface area contributed by atoms with E-state index < -0.39 is 21.0 Å². The van der Waals surface area contributed by atoms with Gasteiger partial charge in [0.15, 0.2) is 16.4 Å². The first-order valence-electron chi connectivity index (χ1n) is 9.39. The topological polar surface area (TPSA) is 104 Å². The standard InChI is InChI=1S/C22H23NO7S/c1-27-16-8-10-19(11-9-16)31(25,26)21(20-7-4-12-29-20)14-23-22(24)15-30-18-6-3-5-17(13-18)28-2/h3-13,21H,14-15H2,1-2H3,(H,23,24). The Morgan fingerprint density at radius 1 is 0.968 bits per heavy atom. The molecule has 0 saturated heterocycles. The third-order valence-electron chi connectivity index (χ3n) is 4.52. The number of sulfone groups is 1. The lowest BCUT2D eigenvalue weighted by molar-refractivity contribution is -0.123. The maximum absolute atomic E-state index is 13.2. The zero-order valence-corrected chi connectivity index (χ0v) is 17.9.